The molecule has 0 aliphatic carbocycles. The Bertz CT molecular complexity index is 264. The number of piperidine rings is 1. The molecule has 2 fully saturated rings. The molecular formula is C11H20N4O. The SMILES string of the molecule is [N-]=[N+]=NCCN1CCC[C@@]2(CCCCO2)C1. The molecule has 0 radical (unpaired) electrons. The Balaban J connectivity index is 1.85. The van der Waals surface area contributed by atoms with E-state index in [-0.39, 0.29) is 5.60 Å². The van der Waals surface area contributed by atoms with Crippen molar-refractivity contribution in [2.24, 2.45) is 5.11 Å². The fraction of sp³-hybridized carbons (Fsp3) is 1.00. The van der Waals surface area contributed by atoms with Crippen molar-refractivity contribution in [3.63, 3.8) is 0 Å². The van der Waals surface area contributed by atoms with Gasteiger partial charge in [-0.1, -0.05) is 5.11 Å². The van der Waals surface area contributed by atoms with Gasteiger partial charge in [-0.05, 0) is 44.2 Å². The summed E-state index contributed by atoms with van der Waals surface area (Å²) in [5.74, 6) is 0. The highest BCUT2D eigenvalue weighted by molar-refractivity contribution is 4.90. The zero-order chi connectivity index (χ0) is 11.3. The molecule has 5 nitrogen and oxygen atoms in total. The number of nitrogens with zero attached hydrogens (tertiary/aromatic N) is 4. The zero-order valence-corrected chi connectivity index (χ0v) is 9.77. The van der Waals surface area contributed by atoms with Crippen LogP contribution in [0.4, 0.5) is 0 Å². The van der Waals surface area contributed by atoms with Gasteiger partial charge in [0.2, 0.25) is 0 Å². The van der Waals surface area contributed by atoms with Crippen molar-refractivity contribution in [2.45, 2.75) is 37.7 Å². The molecule has 16 heavy (non-hydrogen) atoms. The highest BCUT2D eigenvalue weighted by Gasteiger charge is 2.37. The Morgan fingerprint density at radius 3 is 2.94 bits per heavy atom. The van der Waals surface area contributed by atoms with Crippen molar-refractivity contribution < 1.29 is 4.74 Å². The lowest BCUT2D eigenvalue weighted by molar-refractivity contribution is -0.115. The third-order valence-electron chi connectivity index (χ3n) is 3.63. The minimum Gasteiger partial charge on any atom is -0.374 e. The van der Waals surface area contributed by atoms with Crippen LogP contribution in [0.2, 0.25) is 0 Å². The number of azide groups is 1. The molecule has 1 spiro atoms. The summed E-state index contributed by atoms with van der Waals surface area (Å²) in [6.45, 7) is 4.51. The first-order chi connectivity index (χ1) is 7.85. The van der Waals surface area contributed by atoms with Crippen LogP contribution in [0.15, 0.2) is 5.11 Å². The van der Waals surface area contributed by atoms with E-state index in [4.69, 9.17) is 10.3 Å². The molecule has 0 amide bonds. The zero-order valence-electron chi connectivity index (χ0n) is 9.77. The quantitative estimate of drug-likeness (QED) is 0.419. The van der Waals surface area contributed by atoms with Gasteiger partial charge in [0.25, 0.3) is 0 Å². The summed E-state index contributed by atoms with van der Waals surface area (Å²) in [6.07, 6.45) is 6.11. The highest BCUT2D eigenvalue weighted by Crippen LogP contribution is 2.33. The van der Waals surface area contributed by atoms with Crippen LogP contribution in [-0.4, -0.2) is 43.3 Å². The van der Waals surface area contributed by atoms with E-state index in [9.17, 15) is 0 Å². The lowest BCUT2D eigenvalue weighted by Crippen LogP contribution is -2.51. The van der Waals surface area contributed by atoms with Crippen LogP contribution >= 0.6 is 0 Å². The molecule has 0 unspecified atom stereocenters. The molecule has 0 aromatic heterocycles. The van der Waals surface area contributed by atoms with E-state index in [1.807, 2.05) is 0 Å². The van der Waals surface area contributed by atoms with E-state index < -0.39 is 0 Å². The van der Waals surface area contributed by atoms with Crippen LogP contribution in [0, 0.1) is 0 Å². The summed E-state index contributed by atoms with van der Waals surface area (Å²) in [5.41, 5.74) is 8.37. The molecule has 90 valence electrons. The second kappa shape index (κ2) is 5.53. The summed E-state index contributed by atoms with van der Waals surface area (Å²) >= 11 is 0. The van der Waals surface area contributed by atoms with Gasteiger partial charge in [0.1, 0.15) is 0 Å². The van der Waals surface area contributed by atoms with Gasteiger partial charge in [0.15, 0.2) is 0 Å². The Kier molecular flexibility index (Phi) is 4.04. The normalized spacial score (nSPS) is 31.2. The van der Waals surface area contributed by atoms with Crippen molar-refractivity contribution in [3.8, 4) is 0 Å². The van der Waals surface area contributed by atoms with E-state index in [1.165, 1.54) is 32.1 Å². The molecule has 5 heteroatoms. The maximum Gasteiger partial charge on any atom is 0.0809 e. The Labute approximate surface area is 96.4 Å². The van der Waals surface area contributed by atoms with Crippen LogP contribution in [0.3, 0.4) is 0 Å². The molecule has 2 aliphatic heterocycles. The van der Waals surface area contributed by atoms with Crippen LogP contribution < -0.4 is 0 Å². The minimum atomic E-state index is 0.118. The Morgan fingerprint density at radius 2 is 2.19 bits per heavy atom. The van der Waals surface area contributed by atoms with Crippen LogP contribution in [0.5, 0.6) is 0 Å². The number of likely N-dealkylation sites (tertiary alicyclic amines) is 1. The number of hydrogen-bond donors (Lipinski definition) is 0. The molecule has 0 aromatic rings. The molecule has 0 N–H and O–H groups in total. The third kappa shape index (κ3) is 2.88. The van der Waals surface area contributed by atoms with E-state index in [0.29, 0.717) is 6.54 Å². The van der Waals surface area contributed by atoms with E-state index >= 15 is 0 Å². The van der Waals surface area contributed by atoms with Gasteiger partial charge >= 0.3 is 0 Å². The lowest BCUT2D eigenvalue weighted by atomic mass is 9.86. The molecule has 2 saturated heterocycles. The summed E-state index contributed by atoms with van der Waals surface area (Å²) in [6, 6.07) is 0. The molecule has 1 atom stereocenters. The average Bonchev–Trinajstić information content (AvgIpc) is 2.31. The topological polar surface area (TPSA) is 61.2 Å². The molecule has 2 heterocycles. The average molecular weight is 224 g/mol. The number of hydrogen-bond acceptors (Lipinski definition) is 3. The van der Waals surface area contributed by atoms with Crippen LogP contribution in [-0.2, 0) is 4.74 Å². The number of rotatable bonds is 3. The molecule has 0 bridgehead atoms. The summed E-state index contributed by atoms with van der Waals surface area (Å²) in [5, 5.41) is 3.60. The van der Waals surface area contributed by atoms with Gasteiger partial charge in [0.05, 0.1) is 5.60 Å². The Morgan fingerprint density at radius 1 is 1.31 bits per heavy atom. The van der Waals surface area contributed by atoms with Crippen molar-refractivity contribution in [2.75, 3.05) is 32.8 Å². The smallest absolute Gasteiger partial charge is 0.0809 e. The molecular weight excluding hydrogens is 204 g/mol. The maximum absolute atomic E-state index is 8.25. The van der Waals surface area contributed by atoms with Gasteiger partial charge in [-0.25, -0.2) is 0 Å². The predicted octanol–water partition coefficient (Wildman–Crippen LogP) is 2.33. The summed E-state index contributed by atoms with van der Waals surface area (Å²) in [7, 11) is 0. The van der Waals surface area contributed by atoms with E-state index in [2.05, 4.69) is 14.9 Å². The van der Waals surface area contributed by atoms with Crippen LogP contribution in [0.25, 0.3) is 10.4 Å². The van der Waals surface area contributed by atoms with Crippen molar-refractivity contribution in [3.05, 3.63) is 10.4 Å². The summed E-state index contributed by atoms with van der Waals surface area (Å²) < 4.78 is 6.00. The highest BCUT2D eigenvalue weighted by atomic mass is 16.5. The first-order valence-electron chi connectivity index (χ1n) is 6.22. The summed E-state index contributed by atoms with van der Waals surface area (Å²) in [4.78, 5) is 5.17. The van der Waals surface area contributed by atoms with Gasteiger partial charge in [0, 0.05) is 31.2 Å². The molecule has 2 rings (SSSR count). The van der Waals surface area contributed by atoms with Crippen LogP contribution in [0.1, 0.15) is 32.1 Å². The second-order valence-corrected chi connectivity index (χ2v) is 4.82. The fourth-order valence-electron chi connectivity index (χ4n) is 2.84. The van der Waals surface area contributed by atoms with Crippen molar-refractivity contribution in [1.82, 2.24) is 4.90 Å². The van der Waals surface area contributed by atoms with Crippen molar-refractivity contribution >= 4 is 0 Å². The van der Waals surface area contributed by atoms with Gasteiger partial charge in [-0.15, -0.1) is 0 Å². The molecule has 0 saturated carbocycles. The van der Waals surface area contributed by atoms with E-state index in [0.717, 1.165) is 26.2 Å². The third-order valence-corrected chi connectivity index (χ3v) is 3.63. The largest absolute Gasteiger partial charge is 0.374 e. The second-order valence-electron chi connectivity index (χ2n) is 4.82. The Hall–Kier alpha value is -0.770. The predicted molar refractivity (Wildman–Crippen MR) is 62.2 cm³/mol. The van der Waals surface area contributed by atoms with E-state index in [1.54, 1.807) is 0 Å². The fourth-order valence-corrected chi connectivity index (χ4v) is 2.84. The number of ether oxygens (including phenoxy) is 1. The first kappa shape index (κ1) is 11.7. The molecule has 2 aliphatic rings. The van der Waals surface area contributed by atoms with Crippen molar-refractivity contribution in [1.29, 1.82) is 0 Å². The maximum atomic E-state index is 8.25. The molecule has 0 aromatic carbocycles. The standard InChI is InChI=1S/C11H20N4O/c12-14-13-6-8-15-7-3-5-11(10-15)4-1-2-9-16-11/h1-10H2/t11-/m0/s1. The van der Waals surface area contributed by atoms with Gasteiger partial charge in [-0.2, -0.15) is 0 Å². The minimum absolute atomic E-state index is 0.118. The van der Waals surface area contributed by atoms with Gasteiger partial charge in [-0.3, -0.25) is 0 Å². The lowest BCUT2D eigenvalue weighted by Gasteiger charge is -2.44. The first-order valence-corrected chi connectivity index (χ1v) is 6.22. The monoisotopic (exact) mass is 224 g/mol. The van der Waals surface area contributed by atoms with Gasteiger partial charge < -0.3 is 9.64 Å².